The molecule has 0 aliphatic heterocycles. The first-order valence-corrected chi connectivity index (χ1v) is 8.55. The number of nitrogens with one attached hydrogen (secondary N) is 1. The normalized spacial score (nSPS) is 10.7. The molecule has 0 bridgehead atoms. The summed E-state index contributed by atoms with van der Waals surface area (Å²) in [5.74, 6) is 0.979. The van der Waals surface area contributed by atoms with Crippen molar-refractivity contribution in [2.24, 2.45) is 0 Å². The molecule has 1 heterocycles. The molecule has 0 atom stereocenters. The Kier molecular flexibility index (Phi) is 4.34. The fraction of sp³-hybridized carbons (Fsp3) is 0.0909. The molecule has 1 N–H and O–H groups in total. The largest absolute Gasteiger partial charge is 0.497 e. The molecule has 0 aliphatic carbocycles. The van der Waals surface area contributed by atoms with Crippen LogP contribution < -0.4 is 10.1 Å². The van der Waals surface area contributed by atoms with Crippen molar-refractivity contribution >= 4 is 22.7 Å². The third kappa shape index (κ3) is 3.53. The van der Waals surface area contributed by atoms with Crippen LogP contribution >= 0.6 is 0 Å². The number of methoxy groups -OCH3 is 1. The first kappa shape index (κ1) is 16.8. The molecule has 0 spiro atoms. The van der Waals surface area contributed by atoms with Crippen LogP contribution in [0.15, 0.2) is 71.1 Å². The Morgan fingerprint density at radius 1 is 1.04 bits per heavy atom. The fourth-order valence-corrected chi connectivity index (χ4v) is 2.87. The van der Waals surface area contributed by atoms with Gasteiger partial charge in [-0.1, -0.05) is 23.8 Å². The van der Waals surface area contributed by atoms with Crippen LogP contribution in [0.1, 0.15) is 15.9 Å². The summed E-state index contributed by atoms with van der Waals surface area (Å²) in [5, 5.41) is 2.88. The summed E-state index contributed by atoms with van der Waals surface area (Å²) in [6.07, 6.45) is 0. The molecular formula is C22H18N2O3. The van der Waals surface area contributed by atoms with E-state index in [0.29, 0.717) is 28.5 Å². The third-order valence-corrected chi connectivity index (χ3v) is 4.24. The van der Waals surface area contributed by atoms with Crippen LogP contribution in [0.3, 0.4) is 0 Å². The van der Waals surface area contributed by atoms with Crippen LogP contribution in [0.4, 0.5) is 5.69 Å². The van der Waals surface area contributed by atoms with Crippen molar-refractivity contribution in [2.45, 2.75) is 6.92 Å². The van der Waals surface area contributed by atoms with E-state index < -0.39 is 0 Å². The van der Waals surface area contributed by atoms with Crippen molar-refractivity contribution in [3.63, 3.8) is 0 Å². The van der Waals surface area contributed by atoms with Crippen molar-refractivity contribution < 1.29 is 13.9 Å². The number of carbonyl (C=O) groups is 1. The predicted octanol–water partition coefficient (Wildman–Crippen LogP) is 5.06. The maximum Gasteiger partial charge on any atom is 0.255 e. The molecule has 0 unspecified atom stereocenters. The molecule has 27 heavy (non-hydrogen) atoms. The van der Waals surface area contributed by atoms with Gasteiger partial charge in [0.05, 0.1) is 7.11 Å². The van der Waals surface area contributed by atoms with Gasteiger partial charge in [0.25, 0.3) is 5.91 Å². The Morgan fingerprint density at radius 3 is 2.70 bits per heavy atom. The summed E-state index contributed by atoms with van der Waals surface area (Å²) in [6, 6.07) is 20.4. The quantitative estimate of drug-likeness (QED) is 0.553. The number of oxazole rings is 1. The zero-order chi connectivity index (χ0) is 18.8. The molecule has 0 radical (unpaired) electrons. The van der Waals surface area contributed by atoms with E-state index in [4.69, 9.17) is 9.15 Å². The molecule has 1 aromatic heterocycles. The van der Waals surface area contributed by atoms with Gasteiger partial charge in [-0.15, -0.1) is 0 Å². The van der Waals surface area contributed by atoms with Crippen molar-refractivity contribution in [1.29, 1.82) is 0 Å². The number of rotatable bonds is 4. The van der Waals surface area contributed by atoms with Crippen molar-refractivity contribution in [2.75, 3.05) is 12.4 Å². The summed E-state index contributed by atoms with van der Waals surface area (Å²) in [4.78, 5) is 17.0. The average molecular weight is 358 g/mol. The summed E-state index contributed by atoms with van der Waals surface area (Å²) in [6.45, 7) is 2.03. The summed E-state index contributed by atoms with van der Waals surface area (Å²) < 4.78 is 11.1. The van der Waals surface area contributed by atoms with E-state index >= 15 is 0 Å². The highest BCUT2D eigenvalue weighted by Crippen LogP contribution is 2.27. The number of nitrogens with zero attached hydrogens (tertiary/aromatic N) is 1. The number of aryl methyl sites for hydroxylation is 1. The highest BCUT2D eigenvalue weighted by molar-refractivity contribution is 6.05. The first-order valence-electron chi connectivity index (χ1n) is 8.55. The highest BCUT2D eigenvalue weighted by atomic mass is 16.5. The van der Waals surface area contributed by atoms with E-state index in [1.165, 1.54) is 0 Å². The summed E-state index contributed by atoms with van der Waals surface area (Å²) in [7, 11) is 1.57. The molecule has 134 valence electrons. The van der Waals surface area contributed by atoms with E-state index in [-0.39, 0.29) is 5.91 Å². The van der Waals surface area contributed by atoms with E-state index in [9.17, 15) is 4.79 Å². The topological polar surface area (TPSA) is 64.4 Å². The van der Waals surface area contributed by atoms with E-state index in [1.807, 2.05) is 43.3 Å². The van der Waals surface area contributed by atoms with Crippen LogP contribution in [-0.4, -0.2) is 18.0 Å². The van der Waals surface area contributed by atoms with Crippen LogP contribution in [-0.2, 0) is 0 Å². The molecule has 1 amide bonds. The molecule has 3 aromatic carbocycles. The second-order valence-corrected chi connectivity index (χ2v) is 6.26. The molecule has 0 fully saturated rings. The van der Waals surface area contributed by atoms with Gasteiger partial charge in [0.15, 0.2) is 5.58 Å². The van der Waals surface area contributed by atoms with Crippen LogP contribution in [0.5, 0.6) is 5.75 Å². The van der Waals surface area contributed by atoms with Gasteiger partial charge in [-0.25, -0.2) is 4.98 Å². The highest BCUT2D eigenvalue weighted by Gasteiger charge is 2.11. The van der Waals surface area contributed by atoms with E-state index in [0.717, 1.165) is 16.6 Å². The standard InChI is InChI=1S/C22H18N2O3/c1-14-5-3-7-16(11-14)22-24-19-10-9-17(13-20(19)27-22)23-21(25)15-6-4-8-18(12-15)26-2/h3-13H,1-2H3,(H,23,25). The van der Waals surface area contributed by atoms with Crippen molar-refractivity contribution in [3.8, 4) is 17.2 Å². The van der Waals surface area contributed by atoms with Crippen LogP contribution in [0.2, 0.25) is 0 Å². The van der Waals surface area contributed by atoms with Gasteiger partial charge in [0.1, 0.15) is 11.3 Å². The SMILES string of the molecule is COc1cccc(C(=O)Nc2ccc3nc(-c4cccc(C)c4)oc3c2)c1. The van der Waals surface area contributed by atoms with Crippen LogP contribution in [0.25, 0.3) is 22.6 Å². The molecule has 0 saturated heterocycles. The predicted molar refractivity (Wildman–Crippen MR) is 105 cm³/mol. The maximum atomic E-state index is 12.5. The monoisotopic (exact) mass is 358 g/mol. The lowest BCUT2D eigenvalue weighted by atomic mass is 10.1. The van der Waals surface area contributed by atoms with E-state index in [2.05, 4.69) is 10.3 Å². The minimum absolute atomic E-state index is 0.216. The van der Waals surface area contributed by atoms with Gasteiger partial charge in [-0.3, -0.25) is 4.79 Å². The maximum absolute atomic E-state index is 12.5. The van der Waals surface area contributed by atoms with Crippen molar-refractivity contribution in [3.05, 3.63) is 77.9 Å². The minimum Gasteiger partial charge on any atom is -0.497 e. The second kappa shape index (κ2) is 6.96. The van der Waals surface area contributed by atoms with Gasteiger partial charge in [0.2, 0.25) is 5.89 Å². The molecule has 4 rings (SSSR count). The number of hydrogen-bond acceptors (Lipinski definition) is 4. The number of hydrogen-bond donors (Lipinski definition) is 1. The average Bonchev–Trinajstić information content (AvgIpc) is 3.11. The Labute approximate surface area is 156 Å². The van der Waals surface area contributed by atoms with Gasteiger partial charge >= 0.3 is 0 Å². The van der Waals surface area contributed by atoms with Gasteiger partial charge < -0.3 is 14.5 Å². The van der Waals surface area contributed by atoms with Crippen LogP contribution in [0, 0.1) is 6.92 Å². The lowest BCUT2D eigenvalue weighted by Crippen LogP contribution is -2.11. The summed E-state index contributed by atoms with van der Waals surface area (Å²) in [5.41, 5.74) is 4.59. The number of aromatic nitrogens is 1. The van der Waals surface area contributed by atoms with Gasteiger partial charge in [0, 0.05) is 22.9 Å². The Balaban J connectivity index is 1.60. The zero-order valence-electron chi connectivity index (χ0n) is 15.0. The number of benzene rings is 3. The third-order valence-electron chi connectivity index (χ3n) is 4.24. The molecule has 0 aliphatic rings. The number of anilines is 1. The minimum atomic E-state index is -0.216. The fourth-order valence-electron chi connectivity index (χ4n) is 2.87. The molecule has 5 nitrogen and oxygen atoms in total. The van der Waals surface area contributed by atoms with Gasteiger partial charge in [-0.2, -0.15) is 0 Å². The lowest BCUT2D eigenvalue weighted by Gasteiger charge is -2.06. The first-order chi connectivity index (χ1) is 13.1. The molecule has 4 aromatic rings. The lowest BCUT2D eigenvalue weighted by molar-refractivity contribution is 0.102. The Morgan fingerprint density at radius 2 is 1.89 bits per heavy atom. The Hall–Kier alpha value is -3.60. The van der Waals surface area contributed by atoms with Crippen molar-refractivity contribution in [1.82, 2.24) is 4.98 Å². The second-order valence-electron chi connectivity index (χ2n) is 6.26. The number of carbonyl (C=O) groups excluding carboxylic acids is 1. The van der Waals surface area contributed by atoms with Gasteiger partial charge in [-0.05, 0) is 49.4 Å². The number of fused-ring (bicyclic) bond motifs is 1. The Bertz CT molecular complexity index is 1130. The summed E-state index contributed by atoms with van der Waals surface area (Å²) >= 11 is 0. The number of amides is 1. The molecule has 0 saturated carbocycles. The molecule has 5 heteroatoms. The van der Waals surface area contributed by atoms with E-state index in [1.54, 1.807) is 37.4 Å². The number of ether oxygens (including phenoxy) is 1. The smallest absolute Gasteiger partial charge is 0.255 e. The molecular weight excluding hydrogens is 340 g/mol. The zero-order valence-corrected chi connectivity index (χ0v) is 15.0.